The fraction of sp³-hybridized carbons (Fsp3) is 0.250. The Kier molecular flexibility index (Phi) is 6.58. The number of aromatic nitrogens is 3. The number of furan rings is 1. The van der Waals surface area contributed by atoms with Crippen molar-refractivity contribution in [2.75, 3.05) is 21.3 Å². The first-order chi connectivity index (χ1) is 16.9. The molecule has 182 valence electrons. The number of benzene rings is 1. The number of carbonyl (C=O) groups excluding carboxylic acids is 2. The number of hydrazine groups is 1. The number of carbonyl (C=O) groups is 2. The molecule has 4 rings (SSSR count). The summed E-state index contributed by atoms with van der Waals surface area (Å²) < 4.78 is 23.0. The van der Waals surface area contributed by atoms with Crippen LogP contribution in [0.5, 0.6) is 17.2 Å². The number of ether oxygens (including phenoxy) is 3. The molecule has 0 aliphatic carbocycles. The van der Waals surface area contributed by atoms with E-state index in [1.165, 1.54) is 39.7 Å². The second-order valence-electron chi connectivity index (χ2n) is 7.77. The molecule has 11 nitrogen and oxygen atoms in total. The predicted octanol–water partition coefficient (Wildman–Crippen LogP) is 3.37. The summed E-state index contributed by atoms with van der Waals surface area (Å²) in [5.41, 5.74) is 6.34. The van der Waals surface area contributed by atoms with Gasteiger partial charge in [0.15, 0.2) is 22.9 Å². The van der Waals surface area contributed by atoms with Crippen molar-refractivity contribution in [2.24, 2.45) is 0 Å². The molecule has 0 radical (unpaired) electrons. The number of nitrogens with one attached hydrogen (secondary N) is 2. The second-order valence-corrected chi connectivity index (χ2v) is 7.77. The van der Waals surface area contributed by atoms with E-state index in [4.69, 9.17) is 18.6 Å². The van der Waals surface area contributed by atoms with Gasteiger partial charge in [0.05, 0.1) is 44.7 Å². The van der Waals surface area contributed by atoms with Gasteiger partial charge in [-0.2, -0.15) is 5.10 Å². The lowest BCUT2D eigenvalue weighted by atomic mass is 10.1. The largest absolute Gasteiger partial charge is 0.493 e. The van der Waals surface area contributed by atoms with Crippen LogP contribution in [0, 0.1) is 0 Å². The zero-order chi connectivity index (χ0) is 25.1. The van der Waals surface area contributed by atoms with Gasteiger partial charge in [0.25, 0.3) is 11.8 Å². The maximum absolute atomic E-state index is 13.2. The normalized spacial score (nSPS) is 10.9. The second kappa shape index (κ2) is 9.75. The minimum absolute atomic E-state index is 0.0162. The Morgan fingerprint density at radius 2 is 1.69 bits per heavy atom. The molecule has 11 heteroatoms. The Hall–Kier alpha value is -4.54. The highest BCUT2D eigenvalue weighted by atomic mass is 16.5. The summed E-state index contributed by atoms with van der Waals surface area (Å²) >= 11 is 0. The number of amides is 2. The number of rotatable bonds is 7. The van der Waals surface area contributed by atoms with Crippen molar-refractivity contribution in [1.29, 1.82) is 0 Å². The van der Waals surface area contributed by atoms with E-state index in [2.05, 4.69) is 20.9 Å². The highest BCUT2D eigenvalue weighted by Gasteiger charge is 2.21. The smallest absolute Gasteiger partial charge is 0.270 e. The molecule has 3 heterocycles. The SMILES string of the molecule is COc1cc(C(=O)NNC(=O)c2cc(-c3ccco3)nc3c2cnn3C(C)C)cc(OC)c1OC. The van der Waals surface area contributed by atoms with Gasteiger partial charge in [-0.1, -0.05) is 0 Å². The molecule has 0 aliphatic rings. The Labute approximate surface area is 201 Å². The van der Waals surface area contributed by atoms with Crippen LogP contribution in [0.25, 0.3) is 22.5 Å². The van der Waals surface area contributed by atoms with Crippen molar-refractivity contribution in [3.63, 3.8) is 0 Å². The topological polar surface area (TPSA) is 130 Å². The molecular weight excluding hydrogens is 454 g/mol. The molecule has 2 amide bonds. The number of pyridine rings is 1. The van der Waals surface area contributed by atoms with Crippen molar-refractivity contribution >= 4 is 22.8 Å². The number of hydrogen-bond donors (Lipinski definition) is 2. The molecule has 0 bridgehead atoms. The zero-order valence-corrected chi connectivity index (χ0v) is 19.9. The van der Waals surface area contributed by atoms with Gasteiger partial charge in [-0.15, -0.1) is 0 Å². The molecule has 0 unspecified atom stereocenters. The molecule has 35 heavy (non-hydrogen) atoms. The van der Waals surface area contributed by atoms with Crippen molar-refractivity contribution in [3.8, 4) is 28.7 Å². The highest BCUT2D eigenvalue weighted by molar-refractivity contribution is 6.07. The van der Waals surface area contributed by atoms with E-state index in [-0.39, 0.29) is 17.2 Å². The van der Waals surface area contributed by atoms with E-state index in [1.54, 1.807) is 29.1 Å². The van der Waals surface area contributed by atoms with E-state index < -0.39 is 11.8 Å². The van der Waals surface area contributed by atoms with Gasteiger partial charge in [0.1, 0.15) is 5.69 Å². The minimum atomic E-state index is -0.577. The Bertz CT molecular complexity index is 1350. The third kappa shape index (κ3) is 4.47. The Morgan fingerprint density at radius 1 is 1.00 bits per heavy atom. The van der Waals surface area contributed by atoms with Crippen molar-refractivity contribution in [2.45, 2.75) is 19.9 Å². The Morgan fingerprint density at radius 3 is 2.26 bits per heavy atom. The van der Waals surface area contributed by atoms with Crippen molar-refractivity contribution < 1.29 is 28.2 Å². The minimum Gasteiger partial charge on any atom is -0.493 e. The third-order valence-corrected chi connectivity index (χ3v) is 5.29. The first kappa shape index (κ1) is 23.6. The molecular formula is C24H25N5O6. The van der Waals surface area contributed by atoms with Crippen LogP contribution in [-0.4, -0.2) is 47.9 Å². The van der Waals surface area contributed by atoms with E-state index in [0.717, 1.165) is 0 Å². The van der Waals surface area contributed by atoms with E-state index in [1.807, 2.05) is 13.8 Å². The average molecular weight is 479 g/mol. The summed E-state index contributed by atoms with van der Waals surface area (Å²) in [4.78, 5) is 30.6. The van der Waals surface area contributed by atoms with Gasteiger partial charge in [-0.05, 0) is 44.2 Å². The molecule has 0 atom stereocenters. The van der Waals surface area contributed by atoms with Crippen LogP contribution in [0.2, 0.25) is 0 Å². The fourth-order valence-corrected chi connectivity index (χ4v) is 3.60. The molecule has 4 aromatic rings. The van der Waals surface area contributed by atoms with Crippen LogP contribution in [-0.2, 0) is 0 Å². The van der Waals surface area contributed by atoms with Crippen LogP contribution < -0.4 is 25.1 Å². The molecule has 0 saturated carbocycles. The van der Waals surface area contributed by atoms with Crippen LogP contribution in [0.3, 0.4) is 0 Å². The number of fused-ring (bicyclic) bond motifs is 1. The molecule has 0 saturated heterocycles. The molecule has 0 fully saturated rings. The van der Waals surface area contributed by atoms with E-state index in [9.17, 15) is 9.59 Å². The average Bonchev–Trinajstić information content (AvgIpc) is 3.55. The predicted molar refractivity (Wildman–Crippen MR) is 127 cm³/mol. The lowest BCUT2D eigenvalue weighted by molar-refractivity contribution is 0.0847. The van der Waals surface area contributed by atoms with Crippen LogP contribution in [0.15, 0.2) is 47.2 Å². The molecule has 0 spiro atoms. The van der Waals surface area contributed by atoms with Gasteiger partial charge in [-0.3, -0.25) is 20.4 Å². The van der Waals surface area contributed by atoms with Crippen LogP contribution in [0.4, 0.5) is 0 Å². The Balaban J connectivity index is 1.64. The third-order valence-electron chi connectivity index (χ3n) is 5.29. The van der Waals surface area contributed by atoms with Crippen molar-refractivity contribution in [1.82, 2.24) is 25.6 Å². The first-order valence-corrected chi connectivity index (χ1v) is 10.7. The zero-order valence-electron chi connectivity index (χ0n) is 19.9. The molecule has 3 aromatic heterocycles. The summed E-state index contributed by atoms with van der Waals surface area (Å²) in [6.07, 6.45) is 3.10. The number of methoxy groups -OCH3 is 3. The standard InChI is InChI=1S/C24H25N5O6/c1-13(2)29-22-16(12-25-29)15(11-17(26-22)18-7-6-8-35-18)24(31)28-27-23(30)14-9-19(32-3)21(34-5)20(10-14)33-4/h6-13H,1-5H3,(H,27,30)(H,28,31). The first-order valence-electron chi connectivity index (χ1n) is 10.7. The van der Waals surface area contributed by atoms with Gasteiger partial charge in [0.2, 0.25) is 5.75 Å². The maximum atomic E-state index is 13.2. The highest BCUT2D eigenvalue weighted by Crippen LogP contribution is 2.38. The van der Waals surface area contributed by atoms with E-state index >= 15 is 0 Å². The molecule has 0 aliphatic heterocycles. The fourth-order valence-electron chi connectivity index (χ4n) is 3.60. The maximum Gasteiger partial charge on any atom is 0.270 e. The molecule has 1 aromatic carbocycles. The summed E-state index contributed by atoms with van der Waals surface area (Å²) in [5, 5.41) is 4.91. The van der Waals surface area contributed by atoms with Crippen molar-refractivity contribution in [3.05, 3.63) is 53.9 Å². The van der Waals surface area contributed by atoms with Crippen LogP contribution >= 0.6 is 0 Å². The van der Waals surface area contributed by atoms with E-state index in [0.29, 0.717) is 39.7 Å². The van der Waals surface area contributed by atoms with Gasteiger partial charge < -0.3 is 18.6 Å². The number of hydrogen-bond acceptors (Lipinski definition) is 8. The summed E-state index contributed by atoms with van der Waals surface area (Å²) in [7, 11) is 4.36. The van der Waals surface area contributed by atoms with Crippen LogP contribution in [0.1, 0.15) is 40.6 Å². The monoisotopic (exact) mass is 479 g/mol. The summed E-state index contributed by atoms with van der Waals surface area (Å²) in [5.74, 6) is 0.342. The van der Waals surface area contributed by atoms with Gasteiger partial charge >= 0.3 is 0 Å². The lowest BCUT2D eigenvalue weighted by Crippen LogP contribution is -2.41. The number of nitrogens with zero attached hydrogens (tertiary/aromatic N) is 3. The quantitative estimate of drug-likeness (QED) is 0.386. The lowest BCUT2D eigenvalue weighted by Gasteiger charge is -2.14. The van der Waals surface area contributed by atoms with Gasteiger partial charge in [-0.25, -0.2) is 9.67 Å². The summed E-state index contributed by atoms with van der Waals surface area (Å²) in [6, 6.07) is 8.05. The molecule has 2 N–H and O–H groups in total. The van der Waals surface area contributed by atoms with Gasteiger partial charge in [0, 0.05) is 11.6 Å². The summed E-state index contributed by atoms with van der Waals surface area (Å²) in [6.45, 7) is 3.93.